The molecular formula is C17H17ClN2O5. The van der Waals surface area contributed by atoms with Crippen molar-refractivity contribution in [2.24, 2.45) is 0 Å². The molecule has 132 valence electrons. The number of rotatable bonds is 6. The molecule has 0 fully saturated rings. The molecule has 1 atom stereocenters. The second-order valence-electron chi connectivity index (χ2n) is 4.96. The fraction of sp³-hybridized carbons (Fsp3) is 0.235. The van der Waals surface area contributed by atoms with Gasteiger partial charge in [-0.15, -0.1) is 0 Å². The molecule has 1 amide bonds. The highest BCUT2D eigenvalue weighted by Gasteiger charge is 2.22. The van der Waals surface area contributed by atoms with E-state index in [2.05, 4.69) is 10.3 Å². The maximum atomic E-state index is 12.3. The number of methoxy groups -OCH3 is 2. The molecule has 2 aromatic rings. The van der Waals surface area contributed by atoms with Gasteiger partial charge in [-0.2, -0.15) is 0 Å². The molecule has 1 heterocycles. The predicted octanol–water partition coefficient (Wildman–Crippen LogP) is 2.94. The lowest BCUT2D eigenvalue weighted by Gasteiger charge is -2.15. The predicted molar refractivity (Wildman–Crippen MR) is 92.3 cm³/mol. The van der Waals surface area contributed by atoms with E-state index in [0.717, 1.165) is 0 Å². The van der Waals surface area contributed by atoms with E-state index < -0.39 is 18.0 Å². The smallest absolute Gasteiger partial charge is 0.342 e. The van der Waals surface area contributed by atoms with Crippen molar-refractivity contribution in [3.05, 3.63) is 47.1 Å². The molecule has 2 rings (SSSR count). The Morgan fingerprint density at radius 2 is 1.92 bits per heavy atom. The molecule has 0 aliphatic carbocycles. The first-order valence-electron chi connectivity index (χ1n) is 7.30. The number of nitrogens with one attached hydrogen (secondary N) is 1. The first-order chi connectivity index (χ1) is 11.9. The van der Waals surface area contributed by atoms with Crippen LogP contribution in [0.4, 0.5) is 5.82 Å². The van der Waals surface area contributed by atoms with Gasteiger partial charge in [-0.3, -0.25) is 4.79 Å². The molecule has 0 aliphatic rings. The van der Waals surface area contributed by atoms with Crippen molar-refractivity contribution in [3.8, 4) is 11.5 Å². The summed E-state index contributed by atoms with van der Waals surface area (Å²) in [4.78, 5) is 28.3. The number of carbonyl (C=O) groups excluding carboxylic acids is 2. The van der Waals surface area contributed by atoms with Gasteiger partial charge in [0.2, 0.25) is 0 Å². The van der Waals surface area contributed by atoms with E-state index >= 15 is 0 Å². The van der Waals surface area contributed by atoms with Crippen molar-refractivity contribution >= 4 is 29.3 Å². The van der Waals surface area contributed by atoms with Crippen molar-refractivity contribution < 1.29 is 23.8 Å². The summed E-state index contributed by atoms with van der Waals surface area (Å²) in [5, 5.41) is 2.98. The number of hydrogen-bond acceptors (Lipinski definition) is 6. The molecule has 1 aromatic heterocycles. The fourth-order valence-electron chi connectivity index (χ4n) is 1.92. The van der Waals surface area contributed by atoms with Crippen LogP contribution in [0.2, 0.25) is 5.02 Å². The van der Waals surface area contributed by atoms with Gasteiger partial charge < -0.3 is 19.5 Å². The average molecular weight is 365 g/mol. The number of amides is 1. The molecule has 1 N–H and O–H groups in total. The molecule has 0 saturated heterocycles. The first kappa shape index (κ1) is 18.5. The van der Waals surface area contributed by atoms with Crippen molar-refractivity contribution in [2.75, 3.05) is 19.5 Å². The molecule has 0 saturated carbocycles. The quantitative estimate of drug-likeness (QED) is 0.793. The Bertz CT molecular complexity index is 764. The van der Waals surface area contributed by atoms with Gasteiger partial charge in [-0.1, -0.05) is 11.6 Å². The van der Waals surface area contributed by atoms with Gasteiger partial charge in [0.25, 0.3) is 5.91 Å². The number of benzene rings is 1. The first-order valence-corrected chi connectivity index (χ1v) is 7.67. The van der Waals surface area contributed by atoms with E-state index in [1.165, 1.54) is 33.4 Å². The lowest BCUT2D eigenvalue weighted by molar-refractivity contribution is -0.123. The van der Waals surface area contributed by atoms with Gasteiger partial charge in [0.05, 0.1) is 19.2 Å². The molecule has 0 aliphatic heterocycles. The molecular weight excluding hydrogens is 348 g/mol. The molecule has 0 bridgehead atoms. The van der Waals surface area contributed by atoms with Gasteiger partial charge in [0.1, 0.15) is 22.9 Å². The third kappa shape index (κ3) is 4.84. The van der Waals surface area contributed by atoms with Crippen LogP contribution in [-0.4, -0.2) is 37.2 Å². The van der Waals surface area contributed by atoms with Crippen molar-refractivity contribution in [1.29, 1.82) is 0 Å². The van der Waals surface area contributed by atoms with Crippen molar-refractivity contribution in [3.63, 3.8) is 0 Å². The highest BCUT2D eigenvalue weighted by Crippen LogP contribution is 2.25. The summed E-state index contributed by atoms with van der Waals surface area (Å²) in [5.41, 5.74) is 0.188. The van der Waals surface area contributed by atoms with Gasteiger partial charge in [0.15, 0.2) is 6.10 Å². The van der Waals surface area contributed by atoms with Crippen LogP contribution >= 0.6 is 11.6 Å². The maximum absolute atomic E-state index is 12.3. The van der Waals surface area contributed by atoms with E-state index in [9.17, 15) is 9.59 Å². The Kier molecular flexibility index (Phi) is 6.19. The van der Waals surface area contributed by atoms with E-state index in [1.807, 2.05) is 0 Å². The van der Waals surface area contributed by atoms with E-state index in [1.54, 1.807) is 24.3 Å². The van der Waals surface area contributed by atoms with Gasteiger partial charge in [-0.05, 0) is 31.2 Å². The number of aromatic nitrogens is 1. The van der Waals surface area contributed by atoms with E-state index in [-0.39, 0.29) is 11.3 Å². The molecule has 8 heteroatoms. The standard InChI is InChI=1S/C17H17ClN2O5/c1-10(16(21)20-15-7-4-11(18)9-19-15)25-17(22)13-6-5-12(23-2)8-14(13)24-3/h4-10H,1-3H3,(H,19,20,21). The Morgan fingerprint density at radius 1 is 1.16 bits per heavy atom. The fourth-order valence-corrected chi connectivity index (χ4v) is 2.03. The van der Waals surface area contributed by atoms with Crippen LogP contribution in [0.25, 0.3) is 0 Å². The SMILES string of the molecule is COc1ccc(C(=O)OC(C)C(=O)Nc2ccc(Cl)cn2)c(OC)c1. The zero-order valence-electron chi connectivity index (χ0n) is 13.9. The largest absolute Gasteiger partial charge is 0.497 e. The Labute approximate surface area is 149 Å². The minimum absolute atomic E-state index is 0.188. The second-order valence-corrected chi connectivity index (χ2v) is 5.40. The highest BCUT2D eigenvalue weighted by molar-refractivity contribution is 6.30. The van der Waals surface area contributed by atoms with Crippen LogP contribution in [0, 0.1) is 0 Å². The van der Waals surface area contributed by atoms with Crippen LogP contribution in [0.1, 0.15) is 17.3 Å². The third-order valence-electron chi connectivity index (χ3n) is 3.26. The molecule has 25 heavy (non-hydrogen) atoms. The van der Waals surface area contributed by atoms with E-state index in [0.29, 0.717) is 16.6 Å². The Balaban J connectivity index is 2.04. The van der Waals surface area contributed by atoms with Gasteiger partial charge in [-0.25, -0.2) is 9.78 Å². The number of pyridine rings is 1. The molecule has 7 nitrogen and oxygen atoms in total. The van der Waals surface area contributed by atoms with Gasteiger partial charge >= 0.3 is 5.97 Å². The summed E-state index contributed by atoms with van der Waals surface area (Å²) < 4.78 is 15.4. The van der Waals surface area contributed by atoms with Gasteiger partial charge in [0, 0.05) is 12.3 Å². The van der Waals surface area contributed by atoms with Crippen LogP contribution in [-0.2, 0) is 9.53 Å². The summed E-state index contributed by atoms with van der Waals surface area (Å²) in [6.07, 6.45) is 0.368. The summed E-state index contributed by atoms with van der Waals surface area (Å²) in [7, 11) is 2.93. The topological polar surface area (TPSA) is 86.8 Å². The number of ether oxygens (including phenoxy) is 3. The zero-order chi connectivity index (χ0) is 18.4. The lowest BCUT2D eigenvalue weighted by Crippen LogP contribution is -2.30. The minimum atomic E-state index is -1.03. The van der Waals surface area contributed by atoms with Crippen molar-refractivity contribution in [2.45, 2.75) is 13.0 Å². The number of carbonyl (C=O) groups is 2. The van der Waals surface area contributed by atoms with Crippen LogP contribution in [0.15, 0.2) is 36.5 Å². The summed E-state index contributed by atoms with van der Waals surface area (Å²) in [5.74, 6) is -0.0782. The number of anilines is 1. The number of halogens is 1. The summed E-state index contributed by atoms with van der Waals surface area (Å²) in [6.45, 7) is 1.46. The van der Waals surface area contributed by atoms with Crippen molar-refractivity contribution in [1.82, 2.24) is 4.98 Å². The Hall–Kier alpha value is -2.80. The number of hydrogen-bond donors (Lipinski definition) is 1. The molecule has 0 radical (unpaired) electrons. The van der Waals surface area contributed by atoms with Crippen LogP contribution in [0.3, 0.4) is 0 Å². The highest BCUT2D eigenvalue weighted by atomic mass is 35.5. The summed E-state index contributed by atoms with van der Waals surface area (Å²) >= 11 is 5.73. The molecule has 1 unspecified atom stereocenters. The average Bonchev–Trinajstić information content (AvgIpc) is 2.62. The number of nitrogens with zero attached hydrogens (tertiary/aromatic N) is 1. The molecule has 1 aromatic carbocycles. The van der Waals surface area contributed by atoms with Crippen LogP contribution < -0.4 is 14.8 Å². The normalized spacial score (nSPS) is 11.4. The van der Waals surface area contributed by atoms with Crippen LogP contribution in [0.5, 0.6) is 11.5 Å². The second kappa shape index (κ2) is 8.34. The minimum Gasteiger partial charge on any atom is -0.497 e. The molecule has 0 spiro atoms. The lowest BCUT2D eigenvalue weighted by atomic mass is 10.2. The monoisotopic (exact) mass is 364 g/mol. The Morgan fingerprint density at radius 3 is 2.52 bits per heavy atom. The zero-order valence-corrected chi connectivity index (χ0v) is 14.7. The van der Waals surface area contributed by atoms with E-state index in [4.69, 9.17) is 25.8 Å². The number of esters is 1. The maximum Gasteiger partial charge on any atom is 0.342 e. The third-order valence-corrected chi connectivity index (χ3v) is 3.48. The summed E-state index contributed by atoms with van der Waals surface area (Å²) in [6, 6.07) is 7.79.